The molecule has 0 fully saturated rings. The Balaban J connectivity index is 2.34. The van der Waals surface area contributed by atoms with Gasteiger partial charge < -0.3 is 5.32 Å². The van der Waals surface area contributed by atoms with Crippen LogP contribution < -0.4 is 5.32 Å². The predicted octanol–water partition coefficient (Wildman–Crippen LogP) is 0.427. The molecule has 0 saturated heterocycles. The minimum Gasteiger partial charge on any atom is -0.310 e. The lowest BCUT2D eigenvalue weighted by atomic mass is 10.4. The van der Waals surface area contributed by atoms with E-state index in [4.69, 9.17) is 0 Å². The molecular formula is C10H19N3O2S. The largest absolute Gasteiger partial charge is 0.310 e. The van der Waals surface area contributed by atoms with Crippen molar-refractivity contribution in [3.8, 4) is 0 Å². The quantitative estimate of drug-likeness (QED) is 0.707. The van der Waals surface area contributed by atoms with Crippen molar-refractivity contribution in [2.75, 3.05) is 18.6 Å². The highest BCUT2D eigenvalue weighted by Gasteiger charge is 2.03. The lowest BCUT2D eigenvalue weighted by Crippen LogP contribution is -2.23. The third kappa shape index (κ3) is 4.76. The molecular weight excluding hydrogens is 226 g/mol. The molecule has 0 spiro atoms. The van der Waals surface area contributed by atoms with Crippen LogP contribution in [0.1, 0.15) is 19.0 Å². The van der Waals surface area contributed by atoms with Crippen LogP contribution in [0.2, 0.25) is 0 Å². The third-order valence-electron chi connectivity index (χ3n) is 2.20. The summed E-state index contributed by atoms with van der Waals surface area (Å²) in [6.45, 7) is 4.14. The molecule has 0 aliphatic carbocycles. The molecule has 0 aliphatic rings. The van der Waals surface area contributed by atoms with Crippen LogP contribution in [-0.2, 0) is 22.9 Å². The van der Waals surface area contributed by atoms with Gasteiger partial charge in [-0.05, 0) is 12.5 Å². The molecule has 16 heavy (non-hydrogen) atoms. The van der Waals surface area contributed by atoms with Gasteiger partial charge in [-0.2, -0.15) is 5.10 Å². The summed E-state index contributed by atoms with van der Waals surface area (Å²) in [4.78, 5) is 0. The van der Waals surface area contributed by atoms with Crippen molar-refractivity contribution in [3.63, 3.8) is 0 Å². The number of rotatable bonds is 7. The number of hydrogen-bond acceptors (Lipinski definition) is 4. The van der Waals surface area contributed by atoms with Gasteiger partial charge in [-0.3, -0.25) is 4.68 Å². The highest BCUT2D eigenvalue weighted by Crippen LogP contribution is 1.99. The molecule has 1 aromatic heterocycles. The normalized spacial score (nSPS) is 11.9. The zero-order valence-electron chi connectivity index (χ0n) is 9.81. The van der Waals surface area contributed by atoms with Crippen LogP contribution in [0.25, 0.3) is 0 Å². The second kappa shape index (κ2) is 6.00. The summed E-state index contributed by atoms with van der Waals surface area (Å²) in [5, 5.41) is 7.29. The summed E-state index contributed by atoms with van der Waals surface area (Å²) in [5.41, 5.74) is 1.09. The molecule has 0 bridgehead atoms. The van der Waals surface area contributed by atoms with Crippen LogP contribution in [0.5, 0.6) is 0 Å². The topological polar surface area (TPSA) is 64.0 Å². The minimum absolute atomic E-state index is 0.176. The van der Waals surface area contributed by atoms with Crippen LogP contribution in [0.4, 0.5) is 0 Å². The van der Waals surface area contributed by atoms with E-state index in [9.17, 15) is 8.42 Å². The van der Waals surface area contributed by atoms with E-state index in [-0.39, 0.29) is 5.75 Å². The van der Waals surface area contributed by atoms with Gasteiger partial charge in [0.05, 0.1) is 11.4 Å². The molecule has 1 aromatic rings. The molecule has 5 nitrogen and oxygen atoms in total. The highest BCUT2D eigenvalue weighted by atomic mass is 32.2. The predicted molar refractivity (Wildman–Crippen MR) is 63.9 cm³/mol. The maximum Gasteiger partial charge on any atom is 0.148 e. The van der Waals surface area contributed by atoms with Gasteiger partial charge in [-0.15, -0.1) is 0 Å². The zero-order valence-corrected chi connectivity index (χ0v) is 10.6. The lowest BCUT2D eigenvalue weighted by molar-refractivity contribution is 0.552. The number of aryl methyl sites for hydroxylation is 1. The first-order valence-electron chi connectivity index (χ1n) is 5.42. The first-order valence-corrected chi connectivity index (χ1v) is 7.48. The van der Waals surface area contributed by atoms with Gasteiger partial charge in [-0.25, -0.2) is 8.42 Å². The van der Waals surface area contributed by atoms with Crippen LogP contribution in [0, 0.1) is 0 Å². The molecule has 0 saturated carbocycles. The standard InChI is InChI=1S/C10H19N3O2S/c1-3-7-13-10(4-5-12-13)9-11-6-8-16(2,14)15/h4-5,11H,3,6-9H2,1-2H3. The Bertz CT molecular complexity index is 411. The van der Waals surface area contributed by atoms with Crippen molar-refractivity contribution < 1.29 is 8.42 Å². The number of hydrogen-bond donors (Lipinski definition) is 1. The van der Waals surface area contributed by atoms with Crippen molar-refractivity contribution >= 4 is 9.84 Å². The maximum atomic E-state index is 10.9. The van der Waals surface area contributed by atoms with E-state index in [1.54, 1.807) is 6.20 Å². The SMILES string of the molecule is CCCn1nccc1CNCCS(C)(=O)=O. The molecule has 92 valence electrons. The molecule has 0 aromatic carbocycles. The summed E-state index contributed by atoms with van der Waals surface area (Å²) in [6, 6.07) is 1.95. The number of nitrogens with one attached hydrogen (secondary N) is 1. The molecule has 1 N–H and O–H groups in total. The summed E-state index contributed by atoms with van der Waals surface area (Å²) >= 11 is 0. The van der Waals surface area contributed by atoms with Crippen LogP contribution in [0.3, 0.4) is 0 Å². The summed E-state index contributed by atoms with van der Waals surface area (Å²) < 4.78 is 23.7. The molecule has 0 amide bonds. The molecule has 6 heteroatoms. The Morgan fingerprint density at radius 2 is 2.25 bits per heavy atom. The van der Waals surface area contributed by atoms with Gasteiger partial charge in [0.2, 0.25) is 0 Å². The first kappa shape index (κ1) is 13.2. The number of nitrogens with zero attached hydrogens (tertiary/aromatic N) is 2. The van der Waals surface area contributed by atoms with Gasteiger partial charge in [0.15, 0.2) is 0 Å². The van der Waals surface area contributed by atoms with E-state index in [1.165, 1.54) is 6.26 Å². The van der Waals surface area contributed by atoms with E-state index in [0.717, 1.165) is 18.7 Å². The fourth-order valence-corrected chi connectivity index (χ4v) is 1.91. The fourth-order valence-electron chi connectivity index (χ4n) is 1.40. The number of sulfone groups is 1. The van der Waals surface area contributed by atoms with Crippen molar-refractivity contribution in [2.24, 2.45) is 0 Å². The van der Waals surface area contributed by atoms with E-state index in [1.807, 2.05) is 10.7 Å². The van der Waals surface area contributed by atoms with Crippen LogP contribution in [-0.4, -0.2) is 36.8 Å². The van der Waals surface area contributed by atoms with Gasteiger partial charge in [-0.1, -0.05) is 6.92 Å². The van der Waals surface area contributed by atoms with Crippen LogP contribution >= 0.6 is 0 Å². The molecule has 0 atom stereocenters. The average molecular weight is 245 g/mol. The number of aromatic nitrogens is 2. The van der Waals surface area contributed by atoms with Crippen molar-refractivity contribution in [1.29, 1.82) is 0 Å². The summed E-state index contributed by atoms with van der Waals surface area (Å²) in [7, 11) is -2.87. The molecule has 0 aliphatic heterocycles. The van der Waals surface area contributed by atoms with Gasteiger partial charge in [0.1, 0.15) is 9.84 Å². The highest BCUT2D eigenvalue weighted by molar-refractivity contribution is 7.90. The zero-order chi connectivity index (χ0) is 12.0. The Hall–Kier alpha value is -0.880. The van der Waals surface area contributed by atoms with Gasteiger partial charge in [0, 0.05) is 32.1 Å². The van der Waals surface area contributed by atoms with Gasteiger partial charge in [0.25, 0.3) is 0 Å². The Morgan fingerprint density at radius 1 is 1.50 bits per heavy atom. The maximum absolute atomic E-state index is 10.9. The summed E-state index contributed by atoms with van der Waals surface area (Å²) in [5.74, 6) is 0.176. The third-order valence-corrected chi connectivity index (χ3v) is 3.14. The Kier molecular flexibility index (Phi) is 4.95. The molecule has 1 heterocycles. The fraction of sp³-hybridized carbons (Fsp3) is 0.700. The van der Waals surface area contributed by atoms with Crippen molar-refractivity contribution in [2.45, 2.75) is 26.4 Å². The second-order valence-corrected chi connectivity index (χ2v) is 6.11. The van der Waals surface area contributed by atoms with Gasteiger partial charge >= 0.3 is 0 Å². The Labute approximate surface area is 96.8 Å². The molecule has 0 radical (unpaired) electrons. The van der Waals surface area contributed by atoms with E-state index < -0.39 is 9.84 Å². The van der Waals surface area contributed by atoms with E-state index >= 15 is 0 Å². The van der Waals surface area contributed by atoms with Crippen LogP contribution in [0.15, 0.2) is 12.3 Å². The van der Waals surface area contributed by atoms with E-state index in [0.29, 0.717) is 13.1 Å². The average Bonchev–Trinajstić information content (AvgIpc) is 2.60. The van der Waals surface area contributed by atoms with Crippen molar-refractivity contribution in [3.05, 3.63) is 18.0 Å². The first-order chi connectivity index (χ1) is 7.53. The van der Waals surface area contributed by atoms with Crippen molar-refractivity contribution in [1.82, 2.24) is 15.1 Å². The van der Waals surface area contributed by atoms with E-state index in [2.05, 4.69) is 17.3 Å². The summed E-state index contributed by atoms with van der Waals surface area (Å²) in [6.07, 6.45) is 4.05. The smallest absolute Gasteiger partial charge is 0.148 e. The molecule has 1 rings (SSSR count). The second-order valence-electron chi connectivity index (χ2n) is 3.85. The Morgan fingerprint density at radius 3 is 2.88 bits per heavy atom. The minimum atomic E-state index is -2.87. The lowest BCUT2D eigenvalue weighted by Gasteiger charge is -2.07. The monoisotopic (exact) mass is 245 g/mol. The molecule has 0 unspecified atom stereocenters.